The Hall–Kier alpha value is -1.89. The van der Waals surface area contributed by atoms with Gasteiger partial charge in [0, 0.05) is 11.8 Å². The van der Waals surface area contributed by atoms with Crippen LogP contribution in [0.3, 0.4) is 0 Å². The predicted octanol–water partition coefficient (Wildman–Crippen LogP) is 1.33. The molecule has 0 unspecified atom stereocenters. The van der Waals surface area contributed by atoms with Crippen LogP contribution in [-0.2, 0) is 5.41 Å². The number of aromatic carboxylic acids is 1. The Balaban J connectivity index is 2.54. The third-order valence-electron chi connectivity index (χ3n) is 2.49. The molecule has 0 amide bonds. The fraction of sp³-hybridized carbons (Fsp3) is 0.300. The molecule has 1 fully saturated rings. The van der Waals surface area contributed by atoms with Crippen LogP contribution < -0.4 is 0 Å². The van der Waals surface area contributed by atoms with Crippen molar-refractivity contribution < 1.29 is 9.90 Å². The van der Waals surface area contributed by atoms with E-state index < -0.39 is 11.4 Å². The van der Waals surface area contributed by atoms with Crippen molar-refractivity contribution >= 4 is 5.97 Å². The van der Waals surface area contributed by atoms with E-state index in [2.05, 4.69) is 11.1 Å². The molecule has 0 aliphatic heterocycles. The maximum atomic E-state index is 10.8. The zero-order valence-electron chi connectivity index (χ0n) is 7.40. The summed E-state index contributed by atoms with van der Waals surface area (Å²) >= 11 is 0. The van der Waals surface area contributed by atoms with Gasteiger partial charge in [-0.2, -0.15) is 5.26 Å². The van der Waals surface area contributed by atoms with Gasteiger partial charge in [0.15, 0.2) is 5.69 Å². The number of nitriles is 1. The van der Waals surface area contributed by atoms with Gasteiger partial charge >= 0.3 is 5.97 Å². The Kier molecular flexibility index (Phi) is 1.74. The minimum atomic E-state index is -1.07. The normalized spacial score (nSPS) is 17.1. The van der Waals surface area contributed by atoms with Crippen molar-refractivity contribution in [1.29, 1.82) is 5.26 Å². The Morgan fingerprint density at radius 2 is 2.36 bits per heavy atom. The van der Waals surface area contributed by atoms with E-state index in [0.717, 1.165) is 12.8 Å². The molecule has 0 spiro atoms. The summed E-state index contributed by atoms with van der Waals surface area (Å²) in [6, 6.07) is 5.50. The lowest BCUT2D eigenvalue weighted by Crippen LogP contribution is -2.12. The standard InChI is InChI=1S/C10H8N2O2/c11-6-10(3-4-10)7-2-1-5-12-8(7)9(13)14/h1-2,5H,3-4H2,(H,13,14). The van der Waals surface area contributed by atoms with Gasteiger partial charge < -0.3 is 5.11 Å². The lowest BCUT2D eigenvalue weighted by atomic mass is 9.96. The number of nitrogens with zero attached hydrogens (tertiary/aromatic N) is 2. The number of hydrogen-bond acceptors (Lipinski definition) is 3. The molecular formula is C10H8N2O2. The highest BCUT2D eigenvalue weighted by Crippen LogP contribution is 2.48. The van der Waals surface area contributed by atoms with Gasteiger partial charge in [-0.15, -0.1) is 0 Å². The highest BCUT2D eigenvalue weighted by atomic mass is 16.4. The first-order valence-electron chi connectivity index (χ1n) is 4.30. The molecule has 0 bridgehead atoms. The Morgan fingerprint density at radius 3 is 2.86 bits per heavy atom. The molecule has 1 aromatic rings. The zero-order valence-corrected chi connectivity index (χ0v) is 7.40. The molecule has 1 aliphatic rings. The van der Waals surface area contributed by atoms with Crippen molar-refractivity contribution in [2.24, 2.45) is 0 Å². The van der Waals surface area contributed by atoms with E-state index in [1.165, 1.54) is 6.20 Å². The van der Waals surface area contributed by atoms with Crippen LogP contribution >= 0.6 is 0 Å². The van der Waals surface area contributed by atoms with Gasteiger partial charge in [0.2, 0.25) is 0 Å². The van der Waals surface area contributed by atoms with E-state index >= 15 is 0 Å². The minimum absolute atomic E-state index is 0.00606. The summed E-state index contributed by atoms with van der Waals surface area (Å²) in [4.78, 5) is 14.6. The molecule has 1 aliphatic carbocycles. The van der Waals surface area contributed by atoms with Crippen molar-refractivity contribution in [2.75, 3.05) is 0 Å². The molecule has 4 heteroatoms. The maximum Gasteiger partial charge on any atom is 0.354 e. The number of carboxylic acids is 1. The van der Waals surface area contributed by atoms with E-state index in [0.29, 0.717) is 5.56 Å². The number of hydrogen-bond donors (Lipinski definition) is 1. The molecule has 0 atom stereocenters. The van der Waals surface area contributed by atoms with Gasteiger partial charge in [0.25, 0.3) is 0 Å². The molecule has 1 heterocycles. The monoisotopic (exact) mass is 188 g/mol. The number of carbonyl (C=O) groups is 1. The highest BCUT2D eigenvalue weighted by Gasteiger charge is 2.47. The summed E-state index contributed by atoms with van der Waals surface area (Å²) in [7, 11) is 0. The zero-order chi connectivity index (χ0) is 10.2. The van der Waals surface area contributed by atoms with Crippen LogP contribution in [0.15, 0.2) is 18.3 Å². The second-order valence-corrected chi connectivity index (χ2v) is 3.40. The van der Waals surface area contributed by atoms with Crippen molar-refractivity contribution in [3.05, 3.63) is 29.6 Å². The quantitative estimate of drug-likeness (QED) is 0.759. The molecule has 14 heavy (non-hydrogen) atoms. The van der Waals surface area contributed by atoms with Gasteiger partial charge in [0.1, 0.15) is 0 Å². The lowest BCUT2D eigenvalue weighted by Gasteiger charge is -2.07. The number of aromatic nitrogens is 1. The minimum Gasteiger partial charge on any atom is -0.477 e. The van der Waals surface area contributed by atoms with Crippen molar-refractivity contribution in [3.63, 3.8) is 0 Å². The highest BCUT2D eigenvalue weighted by molar-refractivity contribution is 5.88. The van der Waals surface area contributed by atoms with E-state index in [4.69, 9.17) is 10.4 Å². The van der Waals surface area contributed by atoms with Crippen LogP contribution in [0, 0.1) is 11.3 Å². The SMILES string of the molecule is N#CC1(c2cccnc2C(=O)O)CC1. The van der Waals surface area contributed by atoms with Crippen LogP contribution in [0.2, 0.25) is 0 Å². The Labute approximate surface area is 80.8 Å². The third-order valence-corrected chi connectivity index (χ3v) is 2.49. The van der Waals surface area contributed by atoms with Crippen LogP contribution in [0.4, 0.5) is 0 Å². The third kappa shape index (κ3) is 1.14. The van der Waals surface area contributed by atoms with E-state index in [1.807, 2.05) is 0 Å². The van der Waals surface area contributed by atoms with Gasteiger partial charge in [-0.3, -0.25) is 0 Å². The average molecular weight is 188 g/mol. The van der Waals surface area contributed by atoms with Crippen molar-refractivity contribution in [2.45, 2.75) is 18.3 Å². The second kappa shape index (κ2) is 2.81. The van der Waals surface area contributed by atoms with Crippen LogP contribution in [0.1, 0.15) is 28.9 Å². The van der Waals surface area contributed by atoms with Crippen molar-refractivity contribution in [1.82, 2.24) is 4.98 Å². The summed E-state index contributed by atoms with van der Waals surface area (Å²) in [5.41, 5.74) is -0.0244. The summed E-state index contributed by atoms with van der Waals surface area (Å²) in [6.45, 7) is 0. The first-order chi connectivity index (χ1) is 6.69. The molecule has 1 saturated carbocycles. The summed E-state index contributed by atoms with van der Waals surface area (Å²) in [6.07, 6.45) is 2.89. The Morgan fingerprint density at radius 1 is 1.64 bits per heavy atom. The molecule has 0 aromatic carbocycles. The fourth-order valence-corrected chi connectivity index (χ4v) is 1.53. The summed E-state index contributed by atoms with van der Waals surface area (Å²) in [5.74, 6) is -1.07. The van der Waals surface area contributed by atoms with Crippen LogP contribution in [0.5, 0.6) is 0 Å². The molecule has 1 N–H and O–H groups in total. The molecule has 4 nitrogen and oxygen atoms in total. The average Bonchev–Trinajstić information content (AvgIpc) is 2.98. The molecule has 0 saturated heterocycles. The second-order valence-electron chi connectivity index (χ2n) is 3.40. The Bertz CT molecular complexity index is 430. The summed E-state index contributed by atoms with van der Waals surface area (Å²) < 4.78 is 0. The van der Waals surface area contributed by atoms with Crippen molar-refractivity contribution in [3.8, 4) is 6.07 Å². The largest absolute Gasteiger partial charge is 0.477 e. The van der Waals surface area contributed by atoms with Gasteiger partial charge in [-0.05, 0) is 18.9 Å². The number of pyridine rings is 1. The molecular weight excluding hydrogens is 180 g/mol. The number of rotatable bonds is 2. The molecule has 2 rings (SSSR count). The molecule has 70 valence electrons. The van der Waals surface area contributed by atoms with Gasteiger partial charge in [-0.1, -0.05) is 6.07 Å². The smallest absolute Gasteiger partial charge is 0.354 e. The topological polar surface area (TPSA) is 74.0 Å². The fourth-order valence-electron chi connectivity index (χ4n) is 1.53. The van der Waals surface area contributed by atoms with E-state index in [1.54, 1.807) is 12.1 Å². The molecule has 0 radical (unpaired) electrons. The lowest BCUT2D eigenvalue weighted by molar-refractivity contribution is 0.0688. The maximum absolute atomic E-state index is 10.8. The predicted molar refractivity (Wildman–Crippen MR) is 47.7 cm³/mol. The number of carboxylic acid groups (broad SMARTS) is 1. The summed E-state index contributed by atoms with van der Waals surface area (Å²) in [5, 5.41) is 17.8. The van der Waals surface area contributed by atoms with Gasteiger partial charge in [-0.25, -0.2) is 9.78 Å². The first kappa shape index (κ1) is 8.70. The van der Waals surface area contributed by atoms with Crippen LogP contribution in [-0.4, -0.2) is 16.1 Å². The van der Waals surface area contributed by atoms with E-state index in [9.17, 15) is 4.79 Å². The first-order valence-corrected chi connectivity index (χ1v) is 4.30. The van der Waals surface area contributed by atoms with E-state index in [-0.39, 0.29) is 5.69 Å². The van der Waals surface area contributed by atoms with Gasteiger partial charge in [0.05, 0.1) is 11.5 Å². The van der Waals surface area contributed by atoms with Crippen LogP contribution in [0.25, 0.3) is 0 Å². The molecule has 1 aromatic heterocycles.